The highest BCUT2D eigenvalue weighted by atomic mass is 19.1. The quantitative estimate of drug-likeness (QED) is 0.439. The van der Waals surface area contributed by atoms with Crippen molar-refractivity contribution in [1.82, 2.24) is 4.90 Å². The van der Waals surface area contributed by atoms with E-state index in [0.29, 0.717) is 17.7 Å². The van der Waals surface area contributed by atoms with Crippen LogP contribution in [0.25, 0.3) is 11.1 Å². The van der Waals surface area contributed by atoms with E-state index in [2.05, 4.69) is 6.92 Å². The molecule has 192 valence electrons. The van der Waals surface area contributed by atoms with Gasteiger partial charge in [-0.05, 0) is 62.4 Å². The average molecular weight is 495 g/mol. The number of nitrogens with zero attached hydrogens (tertiary/aromatic N) is 2. The van der Waals surface area contributed by atoms with Crippen molar-refractivity contribution in [2.45, 2.75) is 89.8 Å². The Morgan fingerprint density at radius 1 is 1.14 bits per heavy atom. The molecule has 0 radical (unpaired) electrons. The number of carboxylic acids is 1. The van der Waals surface area contributed by atoms with Crippen LogP contribution in [0.5, 0.6) is 5.75 Å². The third-order valence-corrected chi connectivity index (χ3v) is 7.16. The predicted molar refractivity (Wildman–Crippen MR) is 138 cm³/mol. The fraction of sp³-hybridized carbons (Fsp3) is 0.483. The third-order valence-electron chi connectivity index (χ3n) is 7.16. The van der Waals surface area contributed by atoms with Gasteiger partial charge in [-0.15, -0.1) is 0 Å². The Kier molecular flexibility index (Phi) is 7.48. The van der Waals surface area contributed by atoms with E-state index in [-0.39, 0.29) is 11.7 Å². The highest BCUT2D eigenvalue weighted by Gasteiger charge is 2.48. The maximum absolute atomic E-state index is 14.7. The van der Waals surface area contributed by atoms with Gasteiger partial charge in [0, 0.05) is 12.0 Å². The molecule has 1 spiro atoms. The van der Waals surface area contributed by atoms with Crippen LogP contribution in [0, 0.1) is 5.82 Å². The van der Waals surface area contributed by atoms with E-state index in [1.807, 2.05) is 29.2 Å². The molecule has 36 heavy (non-hydrogen) atoms. The first-order chi connectivity index (χ1) is 17.1. The minimum atomic E-state index is -1.44. The molecule has 0 aromatic heterocycles. The second kappa shape index (κ2) is 10.4. The van der Waals surface area contributed by atoms with Crippen LogP contribution in [0.4, 0.5) is 4.39 Å². The topological polar surface area (TPSA) is 79.2 Å². The van der Waals surface area contributed by atoms with Gasteiger partial charge in [-0.3, -0.25) is 14.7 Å². The Balaban J connectivity index is 1.53. The van der Waals surface area contributed by atoms with Gasteiger partial charge < -0.3 is 9.84 Å². The molecule has 2 aromatic carbocycles. The van der Waals surface area contributed by atoms with Gasteiger partial charge in [0.15, 0.2) is 5.60 Å². The van der Waals surface area contributed by atoms with Gasteiger partial charge in [-0.2, -0.15) is 0 Å². The molecule has 1 amide bonds. The highest BCUT2D eigenvalue weighted by molar-refractivity contribution is 6.08. The summed E-state index contributed by atoms with van der Waals surface area (Å²) in [4.78, 5) is 31.7. The van der Waals surface area contributed by atoms with Crippen LogP contribution in [0.1, 0.15) is 77.7 Å². The van der Waals surface area contributed by atoms with E-state index in [1.54, 1.807) is 0 Å². The standard InChI is InChI=1S/C29H35FN2O4/c1-4-5-9-25-31-29(16-7-6-8-17-29)26(33)32(25)19-20-10-12-21(13-11-20)23-18-22(14-15-24(23)30)36-28(2,3)27(34)35/h10-15,18H,4-9,16-17,19H2,1-3H3,(H,34,35). The average Bonchev–Trinajstić information content (AvgIpc) is 3.10. The third kappa shape index (κ3) is 5.30. The van der Waals surface area contributed by atoms with Crippen molar-refractivity contribution in [1.29, 1.82) is 0 Å². The molecule has 0 bridgehead atoms. The molecule has 4 rings (SSSR count). The van der Waals surface area contributed by atoms with Crippen LogP contribution in [0.2, 0.25) is 0 Å². The molecule has 0 atom stereocenters. The minimum Gasteiger partial charge on any atom is -0.478 e. The molecule has 0 saturated heterocycles. The van der Waals surface area contributed by atoms with Gasteiger partial charge >= 0.3 is 5.97 Å². The van der Waals surface area contributed by atoms with Gasteiger partial charge in [-0.25, -0.2) is 9.18 Å². The van der Waals surface area contributed by atoms with Crippen molar-refractivity contribution in [2.24, 2.45) is 4.99 Å². The number of benzene rings is 2. The van der Waals surface area contributed by atoms with E-state index in [1.165, 1.54) is 32.0 Å². The molecule has 1 aliphatic heterocycles. The van der Waals surface area contributed by atoms with Gasteiger partial charge in [0.05, 0.1) is 6.54 Å². The molecule has 1 fully saturated rings. The van der Waals surface area contributed by atoms with Crippen LogP contribution in [-0.2, 0) is 16.1 Å². The summed E-state index contributed by atoms with van der Waals surface area (Å²) < 4.78 is 20.2. The van der Waals surface area contributed by atoms with Crippen molar-refractivity contribution in [3.05, 3.63) is 53.8 Å². The van der Waals surface area contributed by atoms with E-state index >= 15 is 0 Å². The number of carboxylic acid groups (broad SMARTS) is 1. The second-order valence-electron chi connectivity index (χ2n) is 10.4. The van der Waals surface area contributed by atoms with Crippen LogP contribution in [-0.4, -0.2) is 38.9 Å². The van der Waals surface area contributed by atoms with E-state index < -0.39 is 22.9 Å². The van der Waals surface area contributed by atoms with Crippen molar-refractivity contribution < 1.29 is 23.8 Å². The molecular formula is C29H35FN2O4. The minimum absolute atomic E-state index is 0.120. The number of hydrogen-bond donors (Lipinski definition) is 1. The summed E-state index contributed by atoms with van der Waals surface area (Å²) in [5, 5.41) is 9.32. The summed E-state index contributed by atoms with van der Waals surface area (Å²) in [5.41, 5.74) is -0.0956. The summed E-state index contributed by atoms with van der Waals surface area (Å²) in [5.74, 6) is -0.239. The second-order valence-corrected chi connectivity index (χ2v) is 10.4. The Morgan fingerprint density at radius 3 is 2.47 bits per heavy atom. The summed E-state index contributed by atoms with van der Waals surface area (Å²) in [6.45, 7) is 5.48. The van der Waals surface area contributed by atoms with Gasteiger partial charge in [0.1, 0.15) is 22.9 Å². The Hall–Kier alpha value is -3.22. The first-order valence-corrected chi connectivity index (χ1v) is 12.9. The number of ether oxygens (including phenoxy) is 1. The van der Waals surface area contributed by atoms with Crippen molar-refractivity contribution in [3.8, 4) is 16.9 Å². The van der Waals surface area contributed by atoms with Gasteiger partial charge in [0.25, 0.3) is 5.91 Å². The summed E-state index contributed by atoms with van der Waals surface area (Å²) in [6.07, 6.45) is 7.72. The normalized spacial score (nSPS) is 17.4. The lowest BCUT2D eigenvalue weighted by Gasteiger charge is -2.29. The number of unbranched alkanes of at least 4 members (excludes halogenated alkanes) is 1. The summed E-state index contributed by atoms with van der Waals surface area (Å²) >= 11 is 0. The fourth-order valence-corrected chi connectivity index (χ4v) is 4.97. The first kappa shape index (κ1) is 25.9. The van der Waals surface area contributed by atoms with Crippen LogP contribution < -0.4 is 4.74 Å². The van der Waals surface area contributed by atoms with Crippen LogP contribution in [0.15, 0.2) is 47.5 Å². The van der Waals surface area contributed by atoms with Crippen LogP contribution >= 0.6 is 0 Å². The highest BCUT2D eigenvalue weighted by Crippen LogP contribution is 2.39. The Bertz CT molecular complexity index is 1150. The molecule has 2 aromatic rings. The molecule has 1 saturated carbocycles. The van der Waals surface area contributed by atoms with Gasteiger partial charge in [-0.1, -0.05) is 56.9 Å². The largest absolute Gasteiger partial charge is 0.478 e. The number of amides is 1. The van der Waals surface area contributed by atoms with E-state index in [0.717, 1.165) is 62.8 Å². The lowest BCUT2D eigenvalue weighted by molar-refractivity contribution is -0.152. The van der Waals surface area contributed by atoms with Gasteiger partial charge in [0.2, 0.25) is 0 Å². The van der Waals surface area contributed by atoms with Crippen molar-refractivity contribution in [3.63, 3.8) is 0 Å². The van der Waals surface area contributed by atoms with E-state index in [4.69, 9.17) is 9.73 Å². The smallest absolute Gasteiger partial charge is 0.347 e. The molecule has 1 heterocycles. The van der Waals surface area contributed by atoms with E-state index in [9.17, 15) is 19.1 Å². The predicted octanol–water partition coefficient (Wildman–Crippen LogP) is 6.37. The summed E-state index contributed by atoms with van der Waals surface area (Å²) in [7, 11) is 0. The number of amidine groups is 1. The fourth-order valence-electron chi connectivity index (χ4n) is 4.97. The zero-order chi connectivity index (χ0) is 25.9. The molecular weight excluding hydrogens is 459 g/mol. The Labute approximate surface area is 212 Å². The number of aliphatic imine (C=N–C) groups is 1. The molecule has 0 unspecified atom stereocenters. The van der Waals surface area contributed by atoms with Crippen molar-refractivity contribution >= 4 is 17.7 Å². The lowest BCUT2D eigenvalue weighted by atomic mass is 9.82. The lowest BCUT2D eigenvalue weighted by Crippen LogP contribution is -2.43. The number of halogens is 1. The number of aliphatic carboxylic acids is 1. The monoisotopic (exact) mass is 494 g/mol. The summed E-state index contributed by atoms with van der Waals surface area (Å²) in [6, 6.07) is 11.7. The molecule has 7 heteroatoms. The number of carbonyl (C=O) groups excluding carboxylic acids is 1. The first-order valence-electron chi connectivity index (χ1n) is 12.9. The maximum Gasteiger partial charge on any atom is 0.347 e. The number of carbonyl (C=O) groups is 2. The van der Waals surface area contributed by atoms with Crippen LogP contribution in [0.3, 0.4) is 0 Å². The molecule has 1 aliphatic carbocycles. The maximum atomic E-state index is 14.7. The molecule has 6 nitrogen and oxygen atoms in total. The number of rotatable bonds is 9. The molecule has 1 N–H and O–H groups in total. The number of hydrogen-bond acceptors (Lipinski definition) is 4. The SMILES string of the molecule is CCCCC1=NC2(CCCCC2)C(=O)N1Cc1ccc(-c2cc(OC(C)(C)C(=O)O)ccc2F)cc1. The Morgan fingerprint density at radius 2 is 1.83 bits per heavy atom. The zero-order valence-corrected chi connectivity index (χ0v) is 21.3. The zero-order valence-electron chi connectivity index (χ0n) is 21.3. The van der Waals surface area contributed by atoms with Crippen molar-refractivity contribution in [2.75, 3.05) is 0 Å². The molecule has 2 aliphatic rings.